The van der Waals surface area contributed by atoms with Crippen molar-refractivity contribution in [2.45, 2.75) is 44.0 Å². The first kappa shape index (κ1) is 14.0. The second kappa shape index (κ2) is 2.46. The summed E-state index contributed by atoms with van der Waals surface area (Å²) in [7, 11) is 0. The van der Waals surface area contributed by atoms with Gasteiger partial charge in [-0.2, -0.15) is 0 Å². The molecule has 6 aliphatic carbocycles. The quantitative estimate of drug-likeness (QED) is 0.567. The number of hydrogen-bond donors (Lipinski definition) is 1. The fourth-order valence-corrected chi connectivity index (χ4v) is 13.8. The lowest BCUT2D eigenvalue weighted by atomic mass is 9.13. The van der Waals surface area contributed by atoms with E-state index in [2.05, 4.69) is 0 Å². The average molecular weight is 443 g/mol. The Labute approximate surface area is 153 Å². The van der Waals surface area contributed by atoms with Crippen molar-refractivity contribution < 1.29 is 0 Å². The van der Waals surface area contributed by atoms with E-state index in [1.165, 1.54) is 0 Å². The Hall–Kier alpha value is 2.57. The Morgan fingerprint density at radius 1 is 0.421 bits per heavy atom. The van der Waals surface area contributed by atoms with Crippen LogP contribution in [0, 0.1) is 0 Å². The van der Waals surface area contributed by atoms with Gasteiger partial charge in [-0.15, -0.1) is 81.2 Å². The normalized spacial score (nSPS) is 87.5. The maximum Gasteiger partial charge on any atom is 0.163 e. The van der Waals surface area contributed by atoms with Crippen molar-refractivity contribution in [1.82, 2.24) is 0 Å². The molecular formula is C9H2Cl9N. The van der Waals surface area contributed by atoms with Crippen LogP contribution in [-0.2, 0) is 0 Å². The van der Waals surface area contributed by atoms with Crippen LogP contribution in [0.4, 0.5) is 0 Å². The number of rotatable bonds is 0. The van der Waals surface area contributed by atoms with Crippen molar-refractivity contribution in [3.63, 3.8) is 0 Å². The lowest BCUT2D eigenvalue weighted by Crippen LogP contribution is -3.30. The molecule has 0 unspecified atom stereocenters. The molecule has 106 valence electrons. The zero-order chi connectivity index (χ0) is 14.5. The molecule has 6 fully saturated rings. The molecule has 6 saturated carbocycles. The van der Waals surface area contributed by atoms with E-state index in [0.717, 1.165) is 0 Å². The van der Waals surface area contributed by atoms with E-state index >= 15 is 0 Å². The first-order chi connectivity index (χ1) is 8.25. The topological polar surface area (TPSA) is 26.0 Å². The molecule has 0 aromatic heterocycles. The largest absolute Gasteiger partial charge is 0.320 e. The summed E-state index contributed by atoms with van der Waals surface area (Å²) in [6.45, 7) is 0. The standard InChI is InChI=1S/C9H2Cl9N/c10-1-3(12)2(11)5(14)7(16,4(1,13)8(3,5)19)9(17,18)6(1,2)15/h19H2/t1-,2-,3?,4+,5+,6?,7?,8?/m0/s1. The summed E-state index contributed by atoms with van der Waals surface area (Å²) in [5, 5.41) is 0. The van der Waals surface area contributed by atoms with E-state index in [-0.39, 0.29) is 0 Å². The first-order valence-electron chi connectivity index (χ1n) is 5.24. The van der Waals surface area contributed by atoms with E-state index in [1.807, 2.05) is 0 Å². The maximum absolute atomic E-state index is 6.62. The molecule has 0 spiro atoms. The second-order valence-corrected chi connectivity index (χ2v) is 11.3. The highest BCUT2D eigenvalue weighted by Gasteiger charge is 3.36. The Kier molecular flexibility index (Phi) is 1.81. The summed E-state index contributed by atoms with van der Waals surface area (Å²) in [6, 6.07) is 0. The molecule has 6 aliphatic rings. The van der Waals surface area contributed by atoms with Crippen LogP contribution in [0.25, 0.3) is 0 Å². The minimum atomic E-state index is -1.76. The zero-order valence-corrected chi connectivity index (χ0v) is 15.3. The van der Waals surface area contributed by atoms with Crippen LogP contribution in [0.5, 0.6) is 0 Å². The Morgan fingerprint density at radius 2 is 0.684 bits per heavy atom. The Morgan fingerprint density at radius 3 is 1.05 bits per heavy atom. The molecule has 2 N–H and O–H groups in total. The van der Waals surface area contributed by atoms with Crippen molar-refractivity contribution in [2.24, 2.45) is 5.73 Å². The van der Waals surface area contributed by atoms with Gasteiger partial charge in [-0.25, -0.2) is 0 Å². The van der Waals surface area contributed by atoms with Gasteiger partial charge in [0.05, 0.1) is 5.54 Å². The summed E-state index contributed by atoms with van der Waals surface area (Å²) >= 11 is 59.1. The number of alkyl halides is 9. The van der Waals surface area contributed by atoms with Crippen LogP contribution in [0.15, 0.2) is 0 Å². The van der Waals surface area contributed by atoms with Crippen molar-refractivity contribution in [1.29, 1.82) is 0 Å². The average Bonchev–Trinajstić information content (AvgIpc) is 2.44. The van der Waals surface area contributed by atoms with Crippen molar-refractivity contribution >= 4 is 104 Å². The molecule has 0 saturated heterocycles. The number of nitrogens with two attached hydrogens (primary N) is 1. The van der Waals surface area contributed by atoms with Crippen LogP contribution in [0.2, 0.25) is 0 Å². The second-order valence-electron chi connectivity index (χ2n) is 5.99. The summed E-state index contributed by atoms with van der Waals surface area (Å²) in [5.41, 5.74) is 5.03. The molecule has 19 heavy (non-hydrogen) atoms. The molecule has 0 radical (unpaired) electrons. The summed E-state index contributed by atoms with van der Waals surface area (Å²) in [4.78, 5) is -10.1. The van der Waals surface area contributed by atoms with E-state index in [0.29, 0.717) is 0 Å². The van der Waals surface area contributed by atoms with Crippen LogP contribution >= 0.6 is 104 Å². The molecule has 0 amide bonds. The van der Waals surface area contributed by atoms with Gasteiger partial charge in [0, 0.05) is 0 Å². The highest BCUT2D eigenvalue weighted by molar-refractivity contribution is 6.78. The minimum Gasteiger partial charge on any atom is -0.320 e. The summed E-state index contributed by atoms with van der Waals surface area (Å²) in [6.07, 6.45) is 0. The SMILES string of the molecule is NC12C3(Cl)[C@@]4(Cl)C5(Cl)C(Cl)(Cl)C(Cl)([C@@]14Cl)[C@]2(Cl)[C@]53Cl. The van der Waals surface area contributed by atoms with Gasteiger partial charge in [0.1, 0.15) is 34.1 Å². The van der Waals surface area contributed by atoms with Crippen molar-refractivity contribution in [3.05, 3.63) is 0 Å². The smallest absolute Gasteiger partial charge is 0.163 e. The number of hydrogen-bond acceptors (Lipinski definition) is 1. The van der Waals surface area contributed by atoms with Gasteiger partial charge < -0.3 is 5.73 Å². The molecule has 0 aromatic carbocycles. The summed E-state index contributed by atoms with van der Waals surface area (Å²) in [5.74, 6) is 0. The lowest BCUT2D eigenvalue weighted by Gasteiger charge is -3.05. The first-order valence-corrected chi connectivity index (χ1v) is 8.64. The third-order valence-corrected chi connectivity index (χ3v) is 14.6. The zero-order valence-electron chi connectivity index (χ0n) is 8.48. The molecule has 10 heteroatoms. The van der Waals surface area contributed by atoms with E-state index < -0.39 is 44.0 Å². The fraction of sp³-hybridized carbons (Fsp3) is 1.00. The molecule has 2 bridgehead atoms. The van der Waals surface area contributed by atoms with E-state index in [1.54, 1.807) is 0 Å². The molecule has 1 nitrogen and oxygen atoms in total. The fourth-order valence-electron chi connectivity index (χ4n) is 5.81. The third kappa shape index (κ3) is 0.496. The van der Waals surface area contributed by atoms with Crippen LogP contribution < -0.4 is 5.73 Å². The van der Waals surface area contributed by atoms with E-state index in [4.69, 9.17) is 110 Å². The highest BCUT2D eigenvalue weighted by atomic mass is 35.5. The third-order valence-electron chi connectivity index (χ3n) is 6.29. The highest BCUT2D eigenvalue weighted by Crippen LogP contribution is 3.15. The van der Waals surface area contributed by atoms with Crippen LogP contribution in [0.1, 0.15) is 0 Å². The summed E-state index contributed by atoms with van der Waals surface area (Å²) < 4.78 is -1.76. The predicted molar refractivity (Wildman–Crippen MR) is 81.4 cm³/mol. The molecule has 0 aromatic rings. The van der Waals surface area contributed by atoms with Gasteiger partial charge in [-0.3, -0.25) is 0 Å². The lowest BCUT2D eigenvalue weighted by molar-refractivity contribution is -0.284. The Bertz CT molecular complexity index is 549. The predicted octanol–water partition coefficient (Wildman–Crippen LogP) is 3.77. The van der Waals surface area contributed by atoms with Crippen molar-refractivity contribution in [3.8, 4) is 0 Å². The monoisotopic (exact) mass is 439 g/mol. The Balaban J connectivity index is 2.02. The number of halogens is 9. The van der Waals surface area contributed by atoms with E-state index in [9.17, 15) is 0 Å². The van der Waals surface area contributed by atoms with Gasteiger partial charge in [0.25, 0.3) is 0 Å². The van der Waals surface area contributed by atoms with Gasteiger partial charge in [-0.05, 0) is 0 Å². The minimum absolute atomic E-state index is 1.27. The van der Waals surface area contributed by atoms with Gasteiger partial charge in [0.15, 0.2) is 4.33 Å². The van der Waals surface area contributed by atoms with Crippen molar-refractivity contribution in [2.75, 3.05) is 0 Å². The molecule has 6 rings (SSSR count). The van der Waals surface area contributed by atoms with Gasteiger partial charge in [-0.1, -0.05) is 23.2 Å². The van der Waals surface area contributed by atoms with Crippen LogP contribution in [0.3, 0.4) is 0 Å². The van der Waals surface area contributed by atoms with Gasteiger partial charge in [0.2, 0.25) is 0 Å². The van der Waals surface area contributed by atoms with Crippen LogP contribution in [-0.4, -0.2) is 44.0 Å². The molecule has 0 aliphatic heterocycles. The van der Waals surface area contributed by atoms with Gasteiger partial charge >= 0.3 is 0 Å². The molecular weight excluding hydrogens is 441 g/mol. The maximum atomic E-state index is 6.62. The molecule has 0 heterocycles. The molecule has 4 atom stereocenters.